The van der Waals surface area contributed by atoms with Gasteiger partial charge in [-0.3, -0.25) is 9.59 Å². The van der Waals surface area contributed by atoms with Crippen LogP contribution in [0.25, 0.3) is 0 Å². The number of carbonyl (C=O) groups is 3. The maximum absolute atomic E-state index is 14.3. The maximum Gasteiger partial charge on any atom is 0.339 e. The lowest BCUT2D eigenvalue weighted by Crippen LogP contribution is -2.45. The number of aromatic hydroxyl groups is 2. The van der Waals surface area contributed by atoms with Crippen molar-refractivity contribution in [2.24, 2.45) is 0 Å². The summed E-state index contributed by atoms with van der Waals surface area (Å²) in [6.45, 7) is 2.83. The molecule has 0 spiro atoms. The summed E-state index contributed by atoms with van der Waals surface area (Å²) >= 11 is 1.41. The largest absolute Gasteiger partial charge is 0.508 e. The number of fused-ring (bicyclic) bond motifs is 1. The first kappa shape index (κ1) is 31.3. The molecule has 0 bridgehead atoms. The predicted molar refractivity (Wildman–Crippen MR) is 165 cm³/mol. The van der Waals surface area contributed by atoms with Crippen LogP contribution in [0.4, 0.5) is 5.69 Å². The second-order valence-electron chi connectivity index (χ2n) is 9.94. The third-order valence-electron chi connectivity index (χ3n) is 7.01. The number of phenols is 2. The first-order valence-corrected chi connectivity index (χ1v) is 14.3. The van der Waals surface area contributed by atoms with Crippen molar-refractivity contribution in [3.05, 3.63) is 119 Å². The molecule has 1 aliphatic heterocycles. The SMILES string of the molecule is CNCCN1C(=O)[C@@H](OC(=O)c2ccccc2C(=O)c2ccc(O)cc2)[C@@H](c2ccc(O)cc2)Sc2cc(C)ccc21.O. The van der Waals surface area contributed by atoms with Crippen LogP contribution in [-0.2, 0) is 9.53 Å². The third-order valence-corrected chi connectivity index (χ3v) is 8.36. The molecule has 0 aromatic heterocycles. The normalized spacial score (nSPS) is 16.0. The summed E-state index contributed by atoms with van der Waals surface area (Å²) in [5.41, 5.74) is 2.87. The second-order valence-corrected chi connectivity index (χ2v) is 11.1. The van der Waals surface area contributed by atoms with Gasteiger partial charge in [-0.1, -0.05) is 36.4 Å². The van der Waals surface area contributed by atoms with Gasteiger partial charge in [-0.2, -0.15) is 0 Å². The van der Waals surface area contributed by atoms with E-state index in [-0.39, 0.29) is 28.1 Å². The second kappa shape index (κ2) is 13.6. The van der Waals surface area contributed by atoms with Gasteiger partial charge in [0, 0.05) is 29.1 Å². The summed E-state index contributed by atoms with van der Waals surface area (Å²) in [7, 11) is 1.80. The summed E-state index contributed by atoms with van der Waals surface area (Å²) in [6.07, 6.45) is -1.24. The lowest BCUT2D eigenvalue weighted by molar-refractivity contribution is -0.127. The summed E-state index contributed by atoms with van der Waals surface area (Å²) in [6, 6.07) is 24.4. The number of phenolic OH excluding ortho intramolecular Hbond substituents is 2. The van der Waals surface area contributed by atoms with Gasteiger partial charge in [-0.05, 0) is 79.7 Å². The molecule has 222 valence electrons. The summed E-state index contributed by atoms with van der Waals surface area (Å²) < 4.78 is 6.06. The molecule has 5 N–H and O–H groups in total. The molecule has 1 aliphatic rings. The lowest BCUT2D eigenvalue weighted by atomic mass is 9.98. The van der Waals surface area contributed by atoms with Gasteiger partial charge in [-0.25, -0.2) is 4.79 Å². The molecule has 10 heteroatoms. The Morgan fingerprint density at radius 1 is 0.907 bits per heavy atom. The van der Waals surface area contributed by atoms with E-state index in [2.05, 4.69) is 5.32 Å². The summed E-state index contributed by atoms with van der Waals surface area (Å²) in [5.74, 6) is -1.53. The average molecular weight is 601 g/mol. The van der Waals surface area contributed by atoms with Gasteiger partial charge in [0.25, 0.3) is 5.91 Å². The fraction of sp³-hybridized carbons (Fsp3) is 0.182. The summed E-state index contributed by atoms with van der Waals surface area (Å²) in [4.78, 5) is 43.9. The van der Waals surface area contributed by atoms with Crippen LogP contribution in [0.5, 0.6) is 11.5 Å². The van der Waals surface area contributed by atoms with Crippen LogP contribution in [0.1, 0.15) is 42.7 Å². The van der Waals surface area contributed by atoms with Crippen molar-refractivity contribution < 1.29 is 34.8 Å². The molecule has 9 nitrogen and oxygen atoms in total. The molecule has 0 saturated heterocycles. The fourth-order valence-corrected chi connectivity index (χ4v) is 6.23. The van der Waals surface area contributed by atoms with Crippen LogP contribution in [0, 0.1) is 6.92 Å². The molecule has 0 radical (unpaired) electrons. The zero-order chi connectivity index (χ0) is 29.8. The van der Waals surface area contributed by atoms with E-state index in [0.29, 0.717) is 24.2 Å². The van der Waals surface area contributed by atoms with E-state index in [4.69, 9.17) is 4.74 Å². The van der Waals surface area contributed by atoms with Gasteiger partial charge in [-0.15, -0.1) is 11.8 Å². The van der Waals surface area contributed by atoms with Crippen molar-refractivity contribution in [1.82, 2.24) is 5.32 Å². The van der Waals surface area contributed by atoms with Crippen LogP contribution >= 0.6 is 11.8 Å². The molecule has 5 rings (SSSR count). The van der Waals surface area contributed by atoms with Crippen molar-refractivity contribution in [1.29, 1.82) is 0 Å². The number of esters is 1. The van der Waals surface area contributed by atoms with Crippen molar-refractivity contribution in [3.8, 4) is 11.5 Å². The molecular formula is C33H32N2O7S. The number of carbonyl (C=O) groups excluding carboxylic acids is 3. The van der Waals surface area contributed by atoms with Crippen molar-refractivity contribution in [2.75, 3.05) is 25.0 Å². The van der Waals surface area contributed by atoms with Crippen LogP contribution in [0.15, 0.2) is 95.9 Å². The minimum atomic E-state index is -1.24. The number of hydrogen-bond donors (Lipinski definition) is 3. The van der Waals surface area contributed by atoms with Gasteiger partial charge < -0.3 is 30.6 Å². The van der Waals surface area contributed by atoms with Crippen LogP contribution in [0.2, 0.25) is 0 Å². The molecule has 1 amide bonds. The van der Waals surface area contributed by atoms with Gasteiger partial charge in [0.15, 0.2) is 11.9 Å². The number of hydrogen-bond acceptors (Lipinski definition) is 8. The van der Waals surface area contributed by atoms with Crippen molar-refractivity contribution in [2.45, 2.75) is 23.2 Å². The first-order valence-electron chi connectivity index (χ1n) is 13.4. The van der Waals surface area contributed by atoms with Crippen molar-refractivity contribution >= 4 is 35.1 Å². The molecule has 0 unspecified atom stereocenters. The highest BCUT2D eigenvalue weighted by Crippen LogP contribution is 2.47. The number of anilines is 1. The highest BCUT2D eigenvalue weighted by atomic mass is 32.2. The Bertz CT molecular complexity index is 1620. The van der Waals surface area contributed by atoms with E-state index in [0.717, 1.165) is 16.1 Å². The highest BCUT2D eigenvalue weighted by molar-refractivity contribution is 7.99. The molecule has 43 heavy (non-hydrogen) atoms. The number of rotatable bonds is 8. The van der Waals surface area contributed by atoms with E-state index in [1.807, 2.05) is 25.1 Å². The smallest absolute Gasteiger partial charge is 0.339 e. The van der Waals surface area contributed by atoms with E-state index in [1.165, 1.54) is 60.3 Å². The topological polar surface area (TPSA) is 148 Å². The molecule has 2 atom stereocenters. The Balaban J connectivity index is 0.00000423. The molecular weight excluding hydrogens is 568 g/mol. The summed E-state index contributed by atoms with van der Waals surface area (Å²) in [5, 5.41) is 22.0. The van der Waals surface area contributed by atoms with Gasteiger partial charge in [0.1, 0.15) is 11.5 Å². The number of nitrogens with one attached hydrogen (secondary N) is 1. The highest BCUT2D eigenvalue weighted by Gasteiger charge is 2.41. The molecule has 4 aromatic carbocycles. The number of amides is 1. The van der Waals surface area contributed by atoms with E-state index in [1.54, 1.807) is 36.2 Å². The molecule has 1 heterocycles. The van der Waals surface area contributed by atoms with Crippen LogP contribution in [-0.4, -0.2) is 59.6 Å². The number of aryl methyl sites for hydroxylation is 1. The Kier molecular flexibility index (Phi) is 9.87. The molecule has 0 aliphatic carbocycles. The van der Waals surface area contributed by atoms with E-state index in [9.17, 15) is 24.6 Å². The number of ketones is 1. The van der Waals surface area contributed by atoms with E-state index < -0.39 is 29.0 Å². The molecule has 4 aromatic rings. The Hall–Kier alpha value is -4.64. The Labute approximate surface area is 253 Å². The quantitative estimate of drug-likeness (QED) is 0.199. The van der Waals surface area contributed by atoms with Crippen LogP contribution < -0.4 is 10.2 Å². The van der Waals surface area contributed by atoms with E-state index >= 15 is 0 Å². The average Bonchev–Trinajstić information content (AvgIpc) is 3.10. The zero-order valence-electron chi connectivity index (χ0n) is 23.6. The number of ether oxygens (including phenoxy) is 1. The Morgan fingerprint density at radius 2 is 1.53 bits per heavy atom. The van der Waals surface area contributed by atoms with Crippen molar-refractivity contribution in [3.63, 3.8) is 0 Å². The predicted octanol–water partition coefficient (Wildman–Crippen LogP) is 4.44. The maximum atomic E-state index is 14.3. The Morgan fingerprint density at radius 3 is 2.19 bits per heavy atom. The van der Waals surface area contributed by atoms with Gasteiger partial charge in [0.2, 0.25) is 0 Å². The minimum Gasteiger partial charge on any atom is -0.508 e. The first-order chi connectivity index (χ1) is 20.3. The standard InChI is InChI=1S/C33H30N2O6S.H2O/c1-20-7-16-27-28(19-20)42-31(22-10-14-24(37)15-11-22)30(32(39)35(27)18-17-34-2)41-33(40)26-6-4-3-5-25(26)29(38)21-8-12-23(36)13-9-21;/h3-16,19,30-31,34,36-37H,17-18H2,1-2H3;1H2/t30-,31+;/m0./s1. The van der Waals surface area contributed by atoms with Gasteiger partial charge in [0.05, 0.1) is 16.5 Å². The van der Waals surface area contributed by atoms with Crippen LogP contribution in [0.3, 0.4) is 0 Å². The fourth-order valence-electron chi connectivity index (χ4n) is 4.82. The molecule has 0 saturated carbocycles. The minimum absolute atomic E-state index is 0. The number of benzene rings is 4. The number of thioether (sulfide) groups is 1. The monoisotopic (exact) mass is 600 g/mol. The number of likely N-dealkylation sites (N-methyl/N-ethyl adjacent to an activating group) is 1. The lowest BCUT2D eigenvalue weighted by Gasteiger charge is -2.28. The molecule has 0 fully saturated rings. The third kappa shape index (κ3) is 6.72. The zero-order valence-corrected chi connectivity index (χ0v) is 24.4. The number of nitrogens with zero attached hydrogens (tertiary/aromatic N) is 1. The van der Waals surface area contributed by atoms with Gasteiger partial charge >= 0.3 is 5.97 Å².